The van der Waals surface area contributed by atoms with Crippen LogP contribution in [0.2, 0.25) is 0 Å². The van der Waals surface area contributed by atoms with Crippen molar-refractivity contribution < 1.29 is 8.95 Å². The van der Waals surface area contributed by atoms with Gasteiger partial charge in [0, 0.05) is 11.6 Å². The Kier molecular flexibility index (Phi) is 2.73. The predicted octanol–water partition coefficient (Wildman–Crippen LogP) is 2.59. The number of methoxy groups -OCH3 is 1. The molecule has 0 saturated carbocycles. The first kappa shape index (κ1) is 10.2. The normalized spacial score (nSPS) is 12.7. The van der Waals surface area contributed by atoms with Crippen LogP contribution in [-0.2, 0) is 10.8 Å². The van der Waals surface area contributed by atoms with E-state index in [0.717, 1.165) is 15.7 Å². The number of benzene rings is 2. The van der Waals surface area contributed by atoms with Crippen LogP contribution < -0.4 is 4.74 Å². The Balaban J connectivity index is 2.85. The van der Waals surface area contributed by atoms with Crippen molar-refractivity contribution in [3.8, 4) is 5.75 Å². The molecule has 0 aromatic heterocycles. The maximum atomic E-state index is 11.7. The molecule has 0 spiro atoms. The van der Waals surface area contributed by atoms with Gasteiger partial charge in [-0.1, -0.05) is 30.3 Å². The van der Waals surface area contributed by atoms with Crippen molar-refractivity contribution >= 4 is 21.6 Å². The first-order chi connectivity index (χ1) is 7.24. The van der Waals surface area contributed by atoms with Crippen LogP contribution in [-0.4, -0.2) is 17.6 Å². The Morgan fingerprint density at radius 2 is 1.87 bits per heavy atom. The molecule has 0 saturated heterocycles. The van der Waals surface area contributed by atoms with Crippen LogP contribution in [0, 0.1) is 0 Å². The largest absolute Gasteiger partial charge is 0.495 e. The molecule has 2 aromatic rings. The molecule has 0 heterocycles. The molecule has 0 bridgehead atoms. The fourth-order valence-electron chi connectivity index (χ4n) is 1.68. The monoisotopic (exact) mass is 220 g/mol. The van der Waals surface area contributed by atoms with Crippen molar-refractivity contribution in [2.24, 2.45) is 0 Å². The zero-order valence-electron chi connectivity index (χ0n) is 8.69. The third-order valence-corrected chi connectivity index (χ3v) is 3.35. The third-order valence-electron chi connectivity index (χ3n) is 2.35. The average molecular weight is 220 g/mol. The molecule has 78 valence electrons. The maximum absolute atomic E-state index is 11.7. The second-order valence-electron chi connectivity index (χ2n) is 3.27. The molecule has 0 aliphatic carbocycles. The topological polar surface area (TPSA) is 26.3 Å². The minimum atomic E-state index is -1.04. The van der Waals surface area contributed by atoms with Crippen LogP contribution in [0.5, 0.6) is 5.75 Å². The second kappa shape index (κ2) is 4.03. The van der Waals surface area contributed by atoms with E-state index in [2.05, 4.69) is 0 Å². The minimum Gasteiger partial charge on any atom is -0.495 e. The van der Waals surface area contributed by atoms with Crippen molar-refractivity contribution in [3.63, 3.8) is 0 Å². The molecule has 0 N–H and O–H groups in total. The molecule has 0 amide bonds. The van der Waals surface area contributed by atoms with Crippen molar-refractivity contribution in [3.05, 3.63) is 36.4 Å². The van der Waals surface area contributed by atoms with E-state index in [1.807, 2.05) is 36.4 Å². The van der Waals surface area contributed by atoms with Crippen molar-refractivity contribution in [1.29, 1.82) is 0 Å². The molecule has 2 rings (SSSR count). The summed E-state index contributed by atoms with van der Waals surface area (Å²) in [5, 5.41) is 2.08. The van der Waals surface area contributed by atoms with E-state index in [0.29, 0.717) is 5.75 Å². The van der Waals surface area contributed by atoms with Gasteiger partial charge in [-0.2, -0.15) is 0 Å². The van der Waals surface area contributed by atoms with Gasteiger partial charge in [0.15, 0.2) is 0 Å². The Bertz CT molecular complexity index is 520. The lowest BCUT2D eigenvalue weighted by atomic mass is 10.1. The van der Waals surface area contributed by atoms with E-state index in [1.54, 1.807) is 13.4 Å². The summed E-state index contributed by atoms with van der Waals surface area (Å²) in [6.45, 7) is 0. The highest BCUT2D eigenvalue weighted by molar-refractivity contribution is 7.84. The molecule has 15 heavy (non-hydrogen) atoms. The van der Waals surface area contributed by atoms with Gasteiger partial charge >= 0.3 is 0 Å². The molecule has 1 atom stereocenters. The Labute approximate surface area is 91.3 Å². The summed E-state index contributed by atoms with van der Waals surface area (Å²) in [6.07, 6.45) is 1.67. The molecule has 2 aromatic carbocycles. The number of hydrogen-bond donors (Lipinski definition) is 0. The summed E-state index contributed by atoms with van der Waals surface area (Å²) in [7, 11) is 0.558. The molecule has 0 fully saturated rings. The number of hydrogen-bond acceptors (Lipinski definition) is 2. The summed E-state index contributed by atoms with van der Waals surface area (Å²) in [5.41, 5.74) is 0. The average Bonchev–Trinajstić information content (AvgIpc) is 2.27. The van der Waals surface area contributed by atoms with Gasteiger partial charge in [-0.3, -0.25) is 4.21 Å². The van der Waals surface area contributed by atoms with E-state index in [-0.39, 0.29) is 0 Å². The fourth-order valence-corrected chi connectivity index (χ4v) is 2.61. The number of fused-ring (bicyclic) bond motifs is 1. The summed E-state index contributed by atoms with van der Waals surface area (Å²) >= 11 is 0. The number of rotatable bonds is 2. The van der Waals surface area contributed by atoms with Crippen LogP contribution in [0.1, 0.15) is 0 Å². The highest BCUT2D eigenvalue weighted by Gasteiger charge is 2.10. The van der Waals surface area contributed by atoms with E-state index < -0.39 is 10.8 Å². The van der Waals surface area contributed by atoms with Gasteiger partial charge in [0.05, 0.1) is 22.8 Å². The van der Waals surface area contributed by atoms with Gasteiger partial charge in [-0.15, -0.1) is 0 Å². The second-order valence-corrected chi connectivity index (χ2v) is 4.59. The lowest BCUT2D eigenvalue weighted by Gasteiger charge is -2.09. The summed E-state index contributed by atoms with van der Waals surface area (Å²) in [6, 6.07) is 11.7. The fraction of sp³-hybridized carbons (Fsp3) is 0.167. The van der Waals surface area contributed by atoms with Gasteiger partial charge in [0.25, 0.3) is 0 Å². The van der Waals surface area contributed by atoms with E-state index in [4.69, 9.17) is 4.74 Å². The standard InChI is InChI=1S/C12H12O2S/c1-14-11-8-7-9-5-3-4-6-10(9)12(11)15(2)13/h3-8H,1-2H3. The molecule has 2 nitrogen and oxygen atoms in total. The molecular formula is C12H12O2S. The van der Waals surface area contributed by atoms with Crippen molar-refractivity contribution in [2.45, 2.75) is 4.90 Å². The van der Waals surface area contributed by atoms with Gasteiger partial charge in [-0.05, 0) is 11.5 Å². The highest BCUT2D eigenvalue weighted by atomic mass is 32.2. The minimum absolute atomic E-state index is 0.689. The Hall–Kier alpha value is -1.35. The van der Waals surface area contributed by atoms with E-state index in [9.17, 15) is 4.21 Å². The van der Waals surface area contributed by atoms with Gasteiger partial charge in [0.1, 0.15) is 5.75 Å². The Morgan fingerprint density at radius 1 is 1.13 bits per heavy atom. The lowest BCUT2D eigenvalue weighted by molar-refractivity contribution is 0.405. The first-order valence-corrected chi connectivity index (χ1v) is 6.19. The summed E-state index contributed by atoms with van der Waals surface area (Å²) in [5.74, 6) is 0.689. The zero-order valence-corrected chi connectivity index (χ0v) is 9.51. The molecule has 1 unspecified atom stereocenters. The van der Waals surface area contributed by atoms with Gasteiger partial charge < -0.3 is 4.74 Å². The van der Waals surface area contributed by atoms with Crippen LogP contribution >= 0.6 is 0 Å². The van der Waals surface area contributed by atoms with Crippen LogP contribution in [0.15, 0.2) is 41.3 Å². The molecule has 0 radical (unpaired) electrons. The quantitative estimate of drug-likeness (QED) is 0.777. The van der Waals surface area contributed by atoms with Crippen molar-refractivity contribution in [1.82, 2.24) is 0 Å². The third kappa shape index (κ3) is 1.75. The molecular weight excluding hydrogens is 208 g/mol. The van der Waals surface area contributed by atoms with Crippen LogP contribution in [0.3, 0.4) is 0 Å². The molecule has 3 heteroatoms. The smallest absolute Gasteiger partial charge is 0.135 e. The molecule has 0 aliphatic heterocycles. The lowest BCUT2D eigenvalue weighted by Crippen LogP contribution is -1.95. The highest BCUT2D eigenvalue weighted by Crippen LogP contribution is 2.30. The van der Waals surface area contributed by atoms with Gasteiger partial charge in [0.2, 0.25) is 0 Å². The van der Waals surface area contributed by atoms with Crippen LogP contribution in [0.25, 0.3) is 10.8 Å². The Morgan fingerprint density at radius 3 is 2.53 bits per heavy atom. The number of ether oxygens (including phenoxy) is 1. The summed E-state index contributed by atoms with van der Waals surface area (Å²) in [4.78, 5) is 0.774. The maximum Gasteiger partial charge on any atom is 0.135 e. The van der Waals surface area contributed by atoms with Crippen molar-refractivity contribution in [2.75, 3.05) is 13.4 Å². The SMILES string of the molecule is COc1ccc2ccccc2c1S(C)=O. The van der Waals surface area contributed by atoms with E-state index in [1.165, 1.54) is 0 Å². The first-order valence-electron chi connectivity index (χ1n) is 4.63. The molecule has 0 aliphatic rings. The zero-order chi connectivity index (χ0) is 10.8. The van der Waals surface area contributed by atoms with Crippen LogP contribution in [0.4, 0.5) is 0 Å². The predicted molar refractivity (Wildman–Crippen MR) is 62.8 cm³/mol. The summed E-state index contributed by atoms with van der Waals surface area (Å²) < 4.78 is 16.9. The van der Waals surface area contributed by atoms with E-state index >= 15 is 0 Å². The van der Waals surface area contributed by atoms with Gasteiger partial charge in [-0.25, -0.2) is 0 Å².